The van der Waals surface area contributed by atoms with Crippen LogP contribution in [0, 0.1) is 0 Å². The van der Waals surface area contributed by atoms with Gasteiger partial charge in [-0.1, -0.05) is 31.5 Å². The van der Waals surface area contributed by atoms with Crippen molar-refractivity contribution in [3.63, 3.8) is 0 Å². The first-order chi connectivity index (χ1) is 13.1. The minimum absolute atomic E-state index is 0.191. The number of para-hydroxylation sites is 1. The predicted octanol–water partition coefficient (Wildman–Crippen LogP) is 4.95. The highest BCUT2D eigenvalue weighted by atomic mass is 16.5. The Labute approximate surface area is 155 Å². The number of carbonyl (C=O) groups is 1. The molecule has 2 aromatic carbocycles. The molecule has 0 saturated carbocycles. The summed E-state index contributed by atoms with van der Waals surface area (Å²) in [7, 11) is 1.34. The van der Waals surface area contributed by atoms with Crippen molar-refractivity contribution in [1.29, 1.82) is 0 Å². The molecule has 0 unspecified atom stereocenters. The van der Waals surface area contributed by atoms with Gasteiger partial charge in [-0.25, -0.2) is 4.79 Å². The standard InChI is InChI=1S/C22H18O5/c1-3-6-13-9-16-19(11-15(13)22(24)25-2)26-12-17(21(16)23)20-10-14-7-4-5-8-18(14)27-20/h4-5,7-12H,3,6H2,1-2H3. The van der Waals surface area contributed by atoms with Gasteiger partial charge in [-0.2, -0.15) is 0 Å². The number of ether oxygens (including phenoxy) is 1. The molecule has 27 heavy (non-hydrogen) atoms. The molecule has 0 saturated heterocycles. The zero-order chi connectivity index (χ0) is 19.0. The summed E-state index contributed by atoms with van der Waals surface area (Å²) in [4.78, 5) is 25.1. The Kier molecular flexibility index (Phi) is 4.28. The second-order valence-electron chi connectivity index (χ2n) is 6.37. The van der Waals surface area contributed by atoms with Gasteiger partial charge in [0, 0.05) is 5.39 Å². The molecule has 0 aliphatic rings. The predicted molar refractivity (Wildman–Crippen MR) is 103 cm³/mol. The minimum Gasteiger partial charge on any atom is -0.465 e. The monoisotopic (exact) mass is 362 g/mol. The Balaban J connectivity index is 1.93. The van der Waals surface area contributed by atoms with Crippen LogP contribution in [0.4, 0.5) is 0 Å². The number of hydrogen-bond donors (Lipinski definition) is 0. The van der Waals surface area contributed by atoms with Gasteiger partial charge in [-0.15, -0.1) is 0 Å². The highest BCUT2D eigenvalue weighted by Gasteiger charge is 2.18. The number of methoxy groups -OCH3 is 1. The zero-order valence-corrected chi connectivity index (χ0v) is 15.1. The average Bonchev–Trinajstić information content (AvgIpc) is 3.11. The molecule has 0 aliphatic heterocycles. The second-order valence-corrected chi connectivity index (χ2v) is 6.37. The van der Waals surface area contributed by atoms with E-state index in [2.05, 4.69) is 0 Å². The number of aryl methyl sites for hydroxylation is 1. The summed E-state index contributed by atoms with van der Waals surface area (Å²) in [5.74, 6) is 0.0188. The van der Waals surface area contributed by atoms with Crippen molar-refractivity contribution in [2.75, 3.05) is 7.11 Å². The van der Waals surface area contributed by atoms with Crippen LogP contribution in [-0.4, -0.2) is 13.1 Å². The second kappa shape index (κ2) is 6.76. The Morgan fingerprint density at radius 1 is 1.11 bits per heavy atom. The summed E-state index contributed by atoms with van der Waals surface area (Å²) in [6.07, 6.45) is 2.88. The first-order valence-electron chi connectivity index (χ1n) is 8.78. The lowest BCUT2D eigenvalue weighted by molar-refractivity contribution is 0.0599. The van der Waals surface area contributed by atoms with Crippen molar-refractivity contribution in [2.45, 2.75) is 19.8 Å². The van der Waals surface area contributed by atoms with E-state index in [0.717, 1.165) is 17.4 Å². The smallest absolute Gasteiger partial charge is 0.338 e. The van der Waals surface area contributed by atoms with Crippen LogP contribution in [0.3, 0.4) is 0 Å². The van der Waals surface area contributed by atoms with Crippen molar-refractivity contribution in [3.8, 4) is 11.3 Å². The van der Waals surface area contributed by atoms with E-state index in [1.54, 1.807) is 12.1 Å². The van der Waals surface area contributed by atoms with E-state index >= 15 is 0 Å². The molecular formula is C22H18O5. The van der Waals surface area contributed by atoms with Crippen LogP contribution >= 0.6 is 0 Å². The average molecular weight is 362 g/mol. The maximum Gasteiger partial charge on any atom is 0.338 e. The number of benzene rings is 2. The Hall–Kier alpha value is -3.34. The van der Waals surface area contributed by atoms with E-state index < -0.39 is 5.97 Å². The number of rotatable bonds is 4. The largest absolute Gasteiger partial charge is 0.465 e. The summed E-state index contributed by atoms with van der Waals surface area (Å²) in [5, 5.41) is 1.34. The van der Waals surface area contributed by atoms with Gasteiger partial charge in [0.1, 0.15) is 28.8 Å². The molecule has 4 aromatic rings. The van der Waals surface area contributed by atoms with Gasteiger partial charge >= 0.3 is 5.97 Å². The van der Waals surface area contributed by atoms with Crippen LogP contribution in [0.5, 0.6) is 0 Å². The maximum atomic E-state index is 13.1. The lowest BCUT2D eigenvalue weighted by atomic mass is 9.99. The number of hydrogen-bond acceptors (Lipinski definition) is 5. The lowest BCUT2D eigenvalue weighted by Gasteiger charge is -2.09. The molecule has 0 atom stereocenters. The molecule has 0 bridgehead atoms. The van der Waals surface area contributed by atoms with Crippen LogP contribution in [0.1, 0.15) is 29.3 Å². The summed E-state index contributed by atoms with van der Waals surface area (Å²) in [5.41, 5.74) is 2.41. The van der Waals surface area contributed by atoms with Gasteiger partial charge in [0.25, 0.3) is 0 Å². The molecule has 2 heterocycles. The maximum absolute atomic E-state index is 13.1. The number of esters is 1. The number of carbonyl (C=O) groups excluding carboxylic acids is 1. The van der Waals surface area contributed by atoms with Gasteiger partial charge in [0.2, 0.25) is 5.43 Å². The first-order valence-corrected chi connectivity index (χ1v) is 8.78. The summed E-state index contributed by atoms with van der Waals surface area (Å²) >= 11 is 0. The van der Waals surface area contributed by atoms with Crippen LogP contribution in [0.15, 0.2) is 62.4 Å². The quantitative estimate of drug-likeness (QED) is 0.481. The molecule has 0 fully saturated rings. The molecule has 0 spiro atoms. The SMILES string of the molecule is CCCc1cc2c(=O)c(-c3cc4ccccc4o3)coc2cc1C(=O)OC. The molecule has 136 valence electrons. The van der Waals surface area contributed by atoms with Crippen molar-refractivity contribution < 1.29 is 18.4 Å². The molecule has 2 aromatic heterocycles. The van der Waals surface area contributed by atoms with Gasteiger partial charge in [-0.05, 0) is 36.2 Å². The van der Waals surface area contributed by atoms with Crippen molar-refractivity contribution in [2.24, 2.45) is 0 Å². The van der Waals surface area contributed by atoms with Crippen molar-refractivity contribution in [1.82, 2.24) is 0 Å². The van der Waals surface area contributed by atoms with E-state index in [4.69, 9.17) is 13.6 Å². The molecule has 5 nitrogen and oxygen atoms in total. The van der Waals surface area contributed by atoms with E-state index in [1.165, 1.54) is 13.4 Å². The molecule has 4 rings (SSSR count). The normalized spacial score (nSPS) is 11.2. The van der Waals surface area contributed by atoms with Gasteiger partial charge in [-0.3, -0.25) is 4.79 Å². The highest BCUT2D eigenvalue weighted by molar-refractivity contribution is 5.96. The fourth-order valence-corrected chi connectivity index (χ4v) is 3.28. The third-order valence-electron chi connectivity index (χ3n) is 4.61. The fourth-order valence-electron chi connectivity index (χ4n) is 3.28. The fraction of sp³-hybridized carbons (Fsp3) is 0.182. The molecule has 0 radical (unpaired) electrons. The van der Waals surface area contributed by atoms with Crippen molar-refractivity contribution >= 4 is 27.9 Å². The van der Waals surface area contributed by atoms with Crippen LogP contribution in [0.2, 0.25) is 0 Å². The summed E-state index contributed by atoms with van der Waals surface area (Å²) < 4.78 is 16.3. The zero-order valence-electron chi connectivity index (χ0n) is 15.1. The van der Waals surface area contributed by atoms with E-state index in [9.17, 15) is 9.59 Å². The Bertz CT molecular complexity index is 1180. The lowest BCUT2D eigenvalue weighted by Crippen LogP contribution is -2.10. The topological polar surface area (TPSA) is 69.7 Å². The van der Waals surface area contributed by atoms with Gasteiger partial charge in [0.15, 0.2) is 0 Å². The molecular weight excluding hydrogens is 344 g/mol. The summed E-state index contributed by atoms with van der Waals surface area (Å²) in [6, 6.07) is 12.7. The molecule has 0 aliphatic carbocycles. The molecule has 0 N–H and O–H groups in total. The Morgan fingerprint density at radius 3 is 2.67 bits per heavy atom. The Morgan fingerprint density at radius 2 is 1.93 bits per heavy atom. The third kappa shape index (κ3) is 2.91. The van der Waals surface area contributed by atoms with Crippen LogP contribution < -0.4 is 5.43 Å². The number of fused-ring (bicyclic) bond motifs is 2. The molecule has 5 heteroatoms. The van der Waals surface area contributed by atoms with E-state index in [-0.39, 0.29) is 5.43 Å². The van der Waals surface area contributed by atoms with E-state index in [1.807, 2.05) is 37.3 Å². The molecule has 0 amide bonds. The third-order valence-corrected chi connectivity index (χ3v) is 4.61. The minimum atomic E-state index is -0.440. The number of furan rings is 1. The van der Waals surface area contributed by atoms with E-state index in [0.29, 0.717) is 39.9 Å². The van der Waals surface area contributed by atoms with Crippen LogP contribution in [0.25, 0.3) is 33.3 Å². The van der Waals surface area contributed by atoms with Gasteiger partial charge < -0.3 is 13.6 Å². The summed E-state index contributed by atoms with van der Waals surface area (Å²) in [6.45, 7) is 2.01. The van der Waals surface area contributed by atoms with Crippen molar-refractivity contribution in [3.05, 3.63) is 70.1 Å². The van der Waals surface area contributed by atoms with Crippen LogP contribution in [-0.2, 0) is 11.2 Å². The van der Waals surface area contributed by atoms with Gasteiger partial charge in [0.05, 0.1) is 18.1 Å². The first kappa shape index (κ1) is 17.1. The highest BCUT2D eigenvalue weighted by Crippen LogP contribution is 2.28.